The molecule has 1 heterocycles. The Balaban J connectivity index is 1.83. The summed E-state index contributed by atoms with van der Waals surface area (Å²) >= 11 is 0. The topological polar surface area (TPSA) is 115 Å². The smallest absolute Gasteiger partial charge is 0.339 e. The number of hydrazone groups is 1. The van der Waals surface area contributed by atoms with Crippen molar-refractivity contribution in [3.63, 3.8) is 0 Å². The Morgan fingerprint density at radius 1 is 1.20 bits per heavy atom. The molecule has 0 saturated carbocycles. The largest absolute Gasteiger partial charge is 0.507 e. The van der Waals surface area contributed by atoms with Gasteiger partial charge in [0.15, 0.2) is 6.04 Å². The van der Waals surface area contributed by atoms with E-state index in [4.69, 9.17) is 5.11 Å². The van der Waals surface area contributed by atoms with E-state index in [0.29, 0.717) is 11.4 Å². The minimum absolute atomic E-state index is 0.217. The molecule has 0 aliphatic carbocycles. The summed E-state index contributed by atoms with van der Waals surface area (Å²) in [7, 11) is 0. The van der Waals surface area contributed by atoms with E-state index in [1.165, 1.54) is 23.2 Å². The summed E-state index contributed by atoms with van der Waals surface area (Å²) in [5.74, 6) is -1.99. The van der Waals surface area contributed by atoms with Gasteiger partial charge >= 0.3 is 5.97 Å². The van der Waals surface area contributed by atoms with Crippen molar-refractivity contribution in [3.05, 3.63) is 54.1 Å². The van der Waals surface area contributed by atoms with Gasteiger partial charge in [-0.1, -0.05) is 18.2 Å². The van der Waals surface area contributed by atoms with Gasteiger partial charge < -0.3 is 10.2 Å². The first-order chi connectivity index (χ1) is 12.0. The maximum absolute atomic E-state index is 12.5. The van der Waals surface area contributed by atoms with Gasteiger partial charge in [0.1, 0.15) is 11.3 Å². The van der Waals surface area contributed by atoms with Crippen LogP contribution >= 0.6 is 0 Å². The first-order valence-electron chi connectivity index (χ1n) is 7.38. The predicted octanol–water partition coefficient (Wildman–Crippen LogP) is 2.97. The molecule has 0 aromatic heterocycles. The average Bonchev–Trinajstić information content (AvgIpc) is 2.89. The van der Waals surface area contributed by atoms with Gasteiger partial charge in [-0.3, -0.25) is 4.79 Å². The number of azo groups is 1. The summed E-state index contributed by atoms with van der Waals surface area (Å²) in [6, 6.07) is 11.9. The van der Waals surface area contributed by atoms with E-state index in [-0.39, 0.29) is 22.9 Å². The number of carboxylic acids is 1. The van der Waals surface area contributed by atoms with Crippen LogP contribution in [0.25, 0.3) is 0 Å². The maximum Gasteiger partial charge on any atom is 0.339 e. The van der Waals surface area contributed by atoms with Crippen LogP contribution in [0.5, 0.6) is 5.75 Å². The monoisotopic (exact) mass is 338 g/mol. The lowest BCUT2D eigenvalue weighted by atomic mass is 10.2. The highest BCUT2D eigenvalue weighted by Gasteiger charge is 2.34. The molecule has 1 amide bonds. The number of carbonyl (C=O) groups is 2. The number of hydrogen-bond acceptors (Lipinski definition) is 6. The first-order valence-corrected chi connectivity index (χ1v) is 7.38. The van der Waals surface area contributed by atoms with Crippen molar-refractivity contribution in [2.24, 2.45) is 15.3 Å². The van der Waals surface area contributed by atoms with Gasteiger partial charge in [-0.2, -0.15) is 20.3 Å². The third kappa shape index (κ3) is 3.23. The number of para-hydroxylation sites is 1. The van der Waals surface area contributed by atoms with E-state index >= 15 is 0 Å². The molecular weight excluding hydrogens is 324 g/mol. The molecule has 2 N–H and O–H groups in total. The highest BCUT2D eigenvalue weighted by Crippen LogP contribution is 2.26. The molecule has 0 saturated heterocycles. The van der Waals surface area contributed by atoms with Crippen molar-refractivity contribution >= 4 is 29.0 Å². The zero-order valence-electron chi connectivity index (χ0n) is 13.2. The molecule has 0 unspecified atom stereocenters. The minimum atomic E-state index is -1.28. The highest BCUT2D eigenvalue weighted by molar-refractivity contribution is 6.18. The standard InChI is InChI=1S/C17H14N4O4/c1-10-15(16(23)21(20-10)12-5-3-2-4-6-12)19-18-11-7-8-14(22)13(9-11)17(24)25/h2-9,15,22H,1H3,(H,24,25)/t15-/m1/s1. The number of phenols is 1. The fourth-order valence-corrected chi connectivity index (χ4v) is 2.33. The summed E-state index contributed by atoms with van der Waals surface area (Å²) in [6.07, 6.45) is 0. The molecule has 2 aromatic carbocycles. The summed E-state index contributed by atoms with van der Waals surface area (Å²) in [6.45, 7) is 1.67. The second-order valence-electron chi connectivity index (χ2n) is 5.35. The SMILES string of the molecule is CC1=NN(c2ccccc2)C(=O)[C@@H]1N=Nc1ccc(O)c(C(=O)O)c1. The molecule has 8 heteroatoms. The molecule has 1 aliphatic rings. The van der Waals surface area contributed by atoms with E-state index < -0.39 is 12.0 Å². The maximum atomic E-state index is 12.5. The molecule has 1 atom stereocenters. The van der Waals surface area contributed by atoms with Gasteiger partial charge in [0.05, 0.1) is 17.1 Å². The van der Waals surface area contributed by atoms with Crippen LogP contribution in [0.15, 0.2) is 63.9 Å². The zero-order chi connectivity index (χ0) is 18.0. The lowest BCUT2D eigenvalue weighted by molar-refractivity contribution is -0.117. The first kappa shape index (κ1) is 16.3. The van der Waals surface area contributed by atoms with Crippen LogP contribution in [-0.2, 0) is 4.79 Å². The lowest BCUT2D eigenvalue weighted by Gasteiger charge is -2.11. The predicted molar refractivity (Wildman–Crippen MR) is 90.4 cm³/mol. The van der Waals surface area contributed by atoms with Gasteiger partial charge in [-0.25, -0.2) is 4.79 Å². The second-order valence-corrected chi connectivity index (χ2v) is 5.35. The van der Waals surface area contributed by atoms with E-state index in [0.717, 1.165) is 0 Å². The Kier molecular flexibility index (Phi) is 4.25. The fraction of sp³-hybridized carbons (Fsp3) is 0.118. The molecule has 25 heavy (non-hydrogen) atoms. The third-order valence-electron chi connectivity index (χ3n) is 3.60. The van der Waals surface area contributed by atoms with Crippen LogP contribution in [0.3, 0.4) is 0 Å². The third-order valence-corrected chi connectivity index (χ3v) is 3.60. The molecule has 0 radical (unpaired) electrons. The van der Waals surface area contributed by atoms with Crippen molar-refractivity contribution in [3.8, 4) is 5.75 Å². The molecule has 126 valence electrons. The number of rotatable bonds is 4. The van der Waals surface area contributed by atoms with Gasteiger partial charge in [-0.05, 0) is 37.3 Å². The number of aromatic hydroxyl groups is 1. The zero-order valence-corrected chi connectivity index (χ0v) is 13.2. The molecule has 3 rings (SSSR count). The molecule has 1 aliphatic heterocycles. The number of hydrogen-bond donors (Lipinski definition) is 2. The Bertz CT molecular complexity index is 893. The van der Waals surface area contributed by atoms with E-state index in [1.54, 1.807) is 31.2 Å². The van der Waals surface area contributed by atoms with Crippen LogP contribution in [-0.4, -0.2) is 33.8 Å². The lowest BCUT2D eigenvalue weighted by Crippen LogP contribution is -2.29. The van der Waals surface area contributed by atoms with Crippen molar-refractivity contribution in [1.82, 2.24) is 0 Å². The number of anilines is 1. The summed E-state index contributed by atoms with van der Waals surface area (Å²) < 4.78 is 0. The number of benzene rings is 2. The van der Waals surface area contributed by atoms with Crippen LogP contribution in [0.1, 0.15) is 17.3 Å². The van der Waals surface area contributed by atoms with E-state index in [1.807, 2.05) is 6.07 Å². The Morgan fingerprint density at radius 3 is 2.60 bits per heavy atom. The normalized spacial score (nSPS) is 17.2. The average molecular weight is 338 g/mol. The van der Waals surface area contributed by atoms with Crippen molar-refractivity contribution in [2.75, 3.05) is 5.01 Å². The summed E-state index contributed by atoms with van der Waals surface area (Å²) in [5.41, 5.74) is 1.04. The van der Waals surface area contributed by atoms with E-state index in [9.17, 15) is 14.7 Å². The van der Waals surface area contributed by atoms with Gasteiger partial charge in [-0.15, -0.1) is 0 Å². The number of aromatic carboxylic acids is 1. The van der Waals surface area contributed by atoms with Gasteiger partial charge in [0, 0.05) is 0 Å². The second kappa shape index (κ2) is 6.52. The Labute approximate surface area is 142 Å². The van der Waals surface area contributed by atoms with Crippen molar-refractivity contribution in [1.29, 1.82) is 0 Å². The van der Waals surface area contributed by atoms with Crippen LogP contribution < -0.4 is 5.01 Å². The van der Waals surface area contributed by atoms with Crippen molar-refractivity contribution < 1.29 is 19.8 Å². The van der Waals surface area contributed by atoms with Crippen LogP contribution in [0.2, 0.25) is 0 Å². The highest BCUT2D eigenvalue weighted by atomic mass is 16.4. The van der Waals surface area contributed by atoms with Crippen molar-refractivity contribution in [2.45, 2.75) is 13.0 Å². The molecule has 0 spiro atoms. The number of amides is 1. The summed E-state index contributed by atoms with van der Waals surface area (Å²) in [5, 5.41) is 31.9. The number of carboxylic acid groups (broad SMARTS) is 1. The molecule has 8 nitrogen and oxygen atoms in total. The van der Waals surface area contributed by atoms with Crippen LogP contribution in [0, 0.1) is 0 Å². The molecule has 0 fully saturated rings. The molecule has 2 aromatic rings. The Morgan fingerprint density at radius 2 is 1.92 bits per heavy atom. The quantitative estimate of drug-likeness (QED) is 0.834. The summed E-state index contributed by atoms with van der Waals surface area (Å²) in [4.78, 5) is 23.5. The Hall–Kier alpha value is -3.55. The minimum Gasteiger partial charge on any atom is -0.507 e. The van der Waals surface area contributed by atoms with Gasteiger partial charge in [0.2, 0.25) is 0 Å². The fourth-order valence-electron chi connectivity index (χ4n) is 2.33. The molecular formula is C17H14N4O4. The van der Waals surface area contributed by atoms with Gasteiger partial charge in [0.25, 0.3) is 5.91 Å². The molecule has 0 bridgehead atoms. The van der Waals surface area contributed by atoms with E-state index in [2.05, 4.69) is 15.3 Å². The van der Waals surface area contributed by atoms with Crippen LogP contribution in [0.4, 0.5) is 11.4 Å². The number of carbonyl (C=O) groups excluding carboxylic acids is 1. The number of nitrogens with zero attached hydrogens (tertiary/aromatic N) is 4.